The van der Waals surface area contributed by atoms with E-state index in [1.54, 1.807) is 0 Å². The summed E-state index contributed by atoms with van der Waals surface area (Å²) >= 11 is 0. The quantitative estimate of drug-likeness (QED) is 0.846. The highest BCUT2D eigenvalue weighted by Crippen LogP contribution is 2.38. The molecule has 1 rings (SSSR count). The standard InChI is InChI=1S/C8H4F7NO2/c9-2-3-1-4(17)16-6(7(10,11)12)5(3)18-8(13,14)15/h1H,2H2,(H,16,17). The third kappa shape index (κ3) is 3.37. The minimum absolute atomic E-state index is 0.260. The Kier molecular flexibility index (Phi) is 3.58. The maximum absolute atomic E-state index is 12.4. The van der Waals surface area contributed by atoms with Gasteiger partial charge in [0.2, 0.25) is 5.56 Å². The number of pyridine rings is 1. The lowest BCUT2D eigenvalue weighted by molar-refractivity contribution is -0.276. The van der Waals surface area contributed by atoms with Crippen LogP contribution in [0.5, 0.6) is 5.75 Å². The monoisotopic (exact) mass is 279 g/mol. The van der Waals surface area contributed by atoms with Gasteiger partial charge in [-0.3, -0.25) is 4.79 Å². The second-order valence-corrected chi connectivity index (χ2v) is 3.04. The van der Waals surface area contributed by atoms with E-state index in [0.29, 0.717) is 0 Å². The van der Waals surface area contributed by atoms with Gasteiger partial charge < -0.3 is 9.72 Å². The Labute approximate surface area is 94.2 Å². The molecule has 102 valence electrons. The number of nitrogens with one attached hydrogen (secondary N) is 1. The van der Waals surface area contributed by atoms with Crippen LogP contribution in [0.4, 0.5) is 30.7 Å². The van der Waals surface area contributed by atoms with Gasteiger partial charge in [0.15, 0.2) is 11.4 Å². The van der Waals surface area contributed by atoms with Crippen molar-refractivity contribution in [2.45, 2.75) is 19.2 Å². The topological polar surface area (TPSA) is 42.1 Å². The number of H-pyrrole nitrogens is 1. The third-order valence-corrected chi connectivity index (χ3v) is 1.72. The van der Waals surface area contributed by atoms with E-state index in [4.69, 9.17) is 0 Å². The highest BCUT2D eigenvalue weighted by molar-refractivity contribution is 5.38. The number of halogens is 7. The van der Waals surface area contributed by atoms with Crippen LogP contribution in [0.2, 0.25) is 0 Å². The molecule has 0 aliphatic carbocycles. The third-order valence-electron chi connectivity index (χ3n) is 1.72. The number of aromatic amines is 1. The van der Waals surface area contributed by atoms with E-state index in [9.17, 15) is 35.5 Å². The van der Waals surface area contributed by atoms with Crippen molar-refractivity contribution in [3.8, 4) is 5.75 Å². The van der Waals surface area contributed by atoms with Crippen LogP contribution < -0.4 is 10.3 Å². The van der Waals surface area contributed by atoms with Crippen molar-refractivity contribution in [1.29, 1.82) is 0 Å². The van der Waals surface area contributed by atoms with E-state index in [1.807, 2.05) is 0 Å². The van der Waals surface area contributed by atoms with Crippen LogP contribution in [0.25, 0.3) is 0 Å². The number of ether oxygens (including phenoxy) is 1. The zero-order valence-electron chi connectivity index (χ0n) is 8.25. The summed E-state index contributed by atoms with van der Waals surface area (Å²) < 4.78 is 88.4. The summed E-state index contributed by atoms with van der Waals surface area (Å²) in [6, 6.07) is 0.260. The number of aromatic nitrogens is 1. The maximum atomic E-state index is 12.4. The van der Waals surface area contributed by atoms with Crippen molar-refractivity contribution in [3.05, 3.63) is 27.7 Å². The summed E-state index contributed by atoms with van der Waals surface area (Å²) in [7, 11) is 0. The highest BCUT2D eigenvalue weighted by Gasteiger charge is 2.41. The van der Waals surface area contributed by atoms with E-state index in [2.05, 4.69) is 4.74 Å². The fraction of sp³-hybridized carbons (Fsp3) is 0.375. The lowest BCUT2D eigenvalue weighted by Crippen LogP contribution is -2.25. The summed E-state index contributed by atoms with van der Waals surface area (Å²) in [6.07, 6.45) is -10.8. The van der Waals surface area contributed by atoms with E-state index in [-0.39, 0.29) is 6.07 Å². The average Bonchev–Trinajstić information content (AvgIpc) is 2.16. The van der Waals surface area contributed by atoms with Crippen molar-refractivity contribution in [2.75, 3.05) is 0 Å². The van der Waals surface area contributed by atoms with Gasteiger partial charge >= 0.3 is 12.5 Å². The van der Waals surface area contributed by atoms with E-state index >= 15 is 0 Å². The van der Waals surface area contributed by atoms with Gasteiger partial charge in [0.05, 0.1) is 0 Å². The molecule has 0 aromatic carbocycles. The molecule has 3 nitrogen and oxygen atoms in total. The molecule has 0 saturated carbocycles. The number of hydrogen-bond acceptors (Lipinski definition) is 2. The summed E-state index contributed by atoms with van der Waals surface area (Å²) in [6.45, 7) is -1.71. The van der Waals surface area contributed by atoms with Crippen molar-refractivity contribution in [2.24, 2.45) is 0 Å². The molecule has 1 aromatic heterocycles. The molecule has 10 heteroatoms. The second-order valence-electron chi connectivity index (χ2n) is 3.04. The molecule has 0 saturated heterocycles. The van der Waals surface area contributed by atoms with E-state index in [0.717, 1.165) is 4.98 Å². The summed E-state index contributed by atoms with van der Waals surface area (Å²) in [5, 5.41) is 0. The van der Waals surface area contributed by atoms with Gasteiger partial charge in [0.25, 0.3) is 0 Å². The number of alkyl halides is 7. The van der Waals surface area contributed by atoms with Crippen molar-refractivity contribution in [1.82, 2.24) is 4.98 Å². The molecule has 0 aliphatic heterocycles. The summed E-state index contributed by atoms with van der Waals surface area (Å²) in [5.74, 6) is -1.79. The molecule has 0 amide bonds. The Morgan fingerprint density at radius 1 is 1.17 bits per heavy atom. The van der Waals surface area contributed by atoms with Gasteiger partial charge in [-0.25, -0.2) is 4.39 Å². The fourth-order valence-electron chi connectivity index (χ4n) is 1.13. The first-order valence-corrected chi connectivity index (χ1v) is 4.19. The van der Waals surface area contributed by atoms with Crippen LogP contribution >= 0.6 is 0 Å². The molecule has 1 aromatic rings. The Hall–Kier alpha value is -1.74. The molecule has 0 aliphatic rings. The predicted octanol–water partition coefficient (Wildman–Crippen LogP) is 2.76. The Morgan fingerprint density at radius 3 is 2.11 bits per heavy atom. The smallest absolute Gasteiger partial charge is 0.403 e. The van der Waals surface area contributed by atoms with E-state index in [1.165, 1.54) is 0 Å². The first-order valence-electron chi connectivity index (χ1n) is 4.19. The molecule has 1 N–H and O–H groups in total. The molecule has 18 heavy (non-hydrogen) atoms. The largest absolute Gasteiger partial charge is 0.573 e. The molecule has 0 radical (unpaired) electrons. The molecule has 0 spiro atoms. The molecule has 0 atom stereocenters. The Morgan fingerprint density at radius 2 is 1.72 bits per heavy atom. The average molecular weight is 279 g/mol. The fourth-order valence-corrected chi connectivity index (χ4v) is 1.13. The van der Waals surface area contributed by atoms with Gasteiger partial charge in [0.1, 0.15) is 6.67 Å². The molecular formula is C8H4F7NO2. The SMILES string of the molecule is O=c1cc(CF)c(OC(F)(F)F)c(C(F)(F)F)[nH]1. The van der Waals surface area contributed by atoms with Crippen molar-refractivity contribution >= 4 is 0 Å². The van der Waals surface area contributed by atoms with Crippen LogP contribution in [0.1, 0.15) is 11.3 Å². The Balaban J connectivity index is 3.48. The summed E-state index contributed by atoms with van der Waals surface area (Å²) in [4.78, 5) is 11.9. The van der Waals surface area contributed by atoms with Crippen molar-refractivity contribution in [3.63, 3.8) is 0 Å². The molecule has 0 unspecified atom stereocenters. The molecular weight excluding hydrogens is 275 g/mol. The van der Waals surface area contributed by atoms with Crippen molar-refractivity contribution < 1.29 is 35.5 Å². The Bertz CT molecular complexity index is 488. The molecule has 1 heterocycles. The van der Waals surface area contributed by atoms with Crippen LogP contribution in [0.3, 0.4) is 0 Å². The second kappa shape index (κ2) is 4.50. The van der Waals surface area contributed by atoms with Gasteiger partial charge in [-0.1, -0.05) is 0 Å². The zero-order chi connectivity index (χ0) is 14.1. The molecule has 0 fully saturated rings. The van der Waals surface area contributed by atoms with Crippen LogP contribution in [-0.2, 0) is 12.9 Å². The maximum Gasteiger partial charge on any atom is 0.573 e. The number of hydrogen-bond donors (Lipinski definition) is 1. The van der Waals surface area contributed by atoms with E-state index < -0.39 is 41.8 Å². The minimum Gasteiger partial charge on any atom is -0.403 e. The normalized spacial score (nSPS) is 12.6. The summed E-state index contributed by atoms with van der Waals surface area (Å²) in [5.41, 5.74) is -4.60. The highest BCUT2D eigenvalue weighted by atomic mass is 19.4. The zero-order valence-corrected chi connectivity index (χ0v) is 8.25. The number of rotatable bonds is 2. The van der Waals surface area contributed by atoms with Crippen LogP contribution in [0.15, 0.2) is 10.9 Å². The molecule has 0 bridgehead atoms. The lowest BCUT2D eigenvalue weighted by Gasteiger charge is -2.16. The first kappa shape index (κ1) is 14.3. The van der Waals surface area contributed by atoms with Gasteiger partial charge in [-0.2, -0.15) is 13.2 Å². The minimum atomic E-state index is -5.44. The van der Waals surface area contributed by atoms with Gasteiger partial charge in [0, 0.05) is 11.6 Å². The predicted molar refractivity (Wildman–Crippen MR) is 43.6 cm³/mol. The van der Waals surface area contributed by atoms with Crippen LogP contribution in [-0.4, -0.2) is 11.3 Å². The van der Waals surface area contributed by atoms with Gasteiger partial charge in [-0.05, 0) is 0 Å². The first-order chi connectivity index (χ1) is 8.04. The van der Waals surface area contributed by atoms with Crippen LogP contribution in [0, 0.1) is 0 Å². The van der Waals surface area contributed by atoms with Gasteiger partial charge in [-0.15, -0.1) is 13.2 Å². The lowest BCUT2D eigenvalue weighted by atomic mass is 10.2.